The zero-order valence-corrected chi connectivity index (χ0v) is 12.8. The Kier molecular flexibility index (Phi) is 5.28. The van der Waals surface area contributed by atoms with Crippen LogP contribution in [0.25, 0.3) is 0 Å². The monoisotopic (exact) mass is 328 g/mol. The molecule has 2 atom stereocenters. The van der Waals surface area contributed by atoms with E-state index in [0.29, 0.717) is 17.7 Å². The fraction of sp³-hybridized carbons (Fsp3) is 0.500. The lowest BCUT2D eigenvalue weighted by Crippen LogP contribution is -2.51. The molecule has 1 fully saturated rings. The first kappa shape index (κ1) is 17.3. The van der Waals surface area contributed by atoms with Crippen LogP contribution in [0.3, 0.4) is 0 Å². The molecule has 2 amide bonds. The number of benzene rings is 1. The average molecular weight is 328 g/mol. The standard InChI is InChI=1S/C16H19F3N2O2/c1-11(10-12-6-3-2-4-7-12)20-14(22)13-8-5-9-21(13)15(23)16(17,18)19/h2-4,6-7,11,13H,5,8-10H2,1H3,(H,20,22)/t11?,13-/m0/s1. The Morgan fingerprint density at radius 2 is 1.96 bits per heavy atom. The van der Waals surface area contributed by atoms with Crippen LogP contribution in [0.4, 0.5) is 13.2 Å². The number of carbonyl (C=O) groups excluding carboxylic acids is 2. The molecular weight excluding hydrogens is 309 g/mol. The number of rotatable bonds is 4. The number of amides is 2. The molecule has 0 aromatic heterocycles. The molecule has 1 aliphatic heterocycles. The van der Waals surface area contributed by atoms with Crippen molar-refractivity contribution >= 4 is 11.8 Å². The highest BCUT2D eigenvalue weighted by Crippen LogP contribution is 2.25. The van der Waals surface area contributed by atoms with E-state index in [0.717, 1.165) is 5.56 Å². The van der Waals surface area contributed by atoms with Crippen LogP contribution in [0.5, 0.6) is 0 Å². The molecule has 0 bridgehead atoms. The second kappa shape index (κ2) is 7.02. The molecule has 7 heteroatoms. The molecule has 1 aliphatic rings. The quantitative estimate of drug-likeness (QED) is 0.922. The van der Waals surface area contributed by atoms with Gasteiger partial charge >= 0.3 is 12.1 Å². The van der Waals surface area contributed by atoms with E-state index >= 15 is 0 Å². The molecule has 1 aromatic carbocycles. The minimum Gasteiger partial charge on any atom is -0.352 e. The van der Waals surface area contributed by atoms with Crippen molar-refractivity contribution in [3.8, 4) is 0 Å². The number of hydrogen-bond acceptors (Lipinski definition) is 2. The van der Waals surface area contributed by atoms with Gasteiger partial charge in [0.05, 0.1) is 0 Å². The molecule has 0 radical (unpaired) electrons. The molecule has 4 nitrogen and oxygen atoms in total. The van der Waals surface area contributed by atoms with E-state index in [2.05, 4.69) is 5.32 Å². The summed E-state index contributed by atoms with van der Waals surface area (Å²) in [6.07, 6.45) is -3.72. The van der Waals surface area contributed by atoms with Gasteiger partial charge < -0.3 is 10.2 Å². The molecular formula is C16H19F3N2O2. The van der Waals surface area contributed by atoms with Crippen molar-refractivity contribution in [2.24, 2.45) is 0 Å². The second-order valence-electron chi connectivity index (χ2n) is 5.75. The maximum absolute atomic E-state index is 12.6. The maximum Gasteiger partial charge on any atom is 0.471 e. The van der Waals surface area contributed by atoms with Gasteiger partial charge in [-0.1, -0.05) is 30.3 Å². The predicted molar refractivity (Wildman–Crippen MR) is 78.5 cm³/mol. The van der Waals surface area contributed by atoms with E-state index in [1.165, 1.54) is 0 Å². The SMILES string of the molecule is CC(Cc1ccccc1)NC(=O)[C@@H]1CCCN1C(=O)C(F)(F)F. The van der Waals surface area contributed by atoms with E-state index in [-0.39, 0.29) is 19.0 Å². The summed E-state index contributed by atoms with van der Waals surface area (Å²) in [7, 11) is 0. The van der Waals surface area contributed by atoms with Crippen LogP contribution in [0, 0.1) is 0 Å². The van der Waals surface area contributed by atoms with Crippen LogP contribution < -0.4 is 5.32 Å². The fourth-order valence-corrected chi connectivity index (χ4v) is 2.80. The second-order valence-corrected chi connectivity index (χ2v) is 5.75. The molecule has 0 aliphatic carbocycles. The van der Waals surface area contributed by atoms with Crippen molar-refractivity contribution in [2.75, 3.05) is 6.54 Å². The summed E-state index contributed by atoms with van der Waals surface area (Å²) < 4.78 is 37.7. The number of alkyl halides is 3. The Balaban J connectivity index is 1.95. The van der Waals surface area contributed by atoms with Gasteiger partial charge in [0.1, 0.15) is 6.04 Å². The third kappa shape index (κ3) is 4.46. The number of hydrogen-bond donors (Lipinski definition) is 1. The largest absolute Gasteiger partial charge is 0.471 e. The van der Waals surface area contributed by atoms with Gasteiger partial charge in [0, 0.05) is 12.6 Å². The Bertz CT molecular complexity index is 560. The van der Waals surface area contributed by atoms with E-state index in [1.807, 2.05) is 30.3 Å². The molecule has 1 aromatic rings. The molecule has 0 saturated carbocycles. The zero-order chi connectivity index (χ0) is 17.0. The van der Waals surface area contributed by atoms with Crippen molar-refractivity contribution < 1.29 is 22.8 Å². The fourth-order valence-electron chi connectivity index (χ4n) is 2.80. The molecule has 2 rings (SSSR count). The first-order valence-corrected chi connectivity index (χ1v) is 7.51. The molecule has 126 valence electrons. The van der Waals surface area contributed by atoms with Crippen LogP contribution in [0.1, 0.15) is 25.3 Å². The smallest absolute Gasteiger partial charge is 0.352 e. The average Bonchev–Trinajstić information content (AvgIpc) is 2.95. The zero-order valence-electron chi connectivity index (χ0n) is 12.8. The van der Waals surface area contributed by atoms with Crippen molar-refractivity contribution in [1.82, 2.24) is 10.2 Å². The summed E-state index contributed by atoms with van der Waals surface area (Å²) in [5.41, 5.74) is 1.02. The van der Waals surface area contributed by atoms with Gasteiger partial charge in [-0.25, -0.2) is 0 Å². The molecule has 1 saturated heterocycles. The van der Waals surface area contributed by atoms with Gasteiger partial charge in [-0.3, -0.25) is 9.59 Å². The van der Waals surface area contributed by atoms with Crippen LogP contribution in [-0.2, 0) is 16.0 Å². The summed E-state index contributed by atoms with van der Waals surface area (Å²) >= 11 is 0. The number of halogens is 3. The van der Waals surface area contributed by atoms with Gasteiger partial charge in [0.25, 0.3) is 0 Å². The lowest BCUT2D eigenvalue weighted by molar-refractivity contribution is -0.186. The lowest BCUT2D eigenvalue weighted by atomic mass is 10.1. The highest BCUT2D eigenvalue weighted by molar-refractivity contribution is 5.90. The highest BCUT2D eigenvalue weighted by atomic mass is 19.4. The van der Waals surface area contributed by atoms with Crippen molar-refractivity contribution in [2.45, 2.75) is 44.4 Å². The number of likely N-dealkylation sites (tertiary alicyclic amines) is 1. The molecule has 0 spiro atoms. The van der Waals surface area contributed by atoms with Gasteiger partial charge in [0.15, 0.2) is 0 Å². The molecule has 1 N–H and O–H groups in total. The van der Waals surface area contributed by atoms with Crippen molar-refractivity contribution in [1.29, 1.82) is 0 Å². The molecule has 23 heavy (non-hydrogen) atoms. The first-order valence-electron chi connectivity index (χ1n) is 7.51. The van der Waals surface area contributed by atoms with E-state index in [4.69, 9.17) is 0 Å². The van der Waals surface area contributed by atoms with Gasteiger partial charge in [0.2, 0.25) is 5.91 Å². The molecule has 1 unspecified atom stereocenters. The summed E-state index contributed by atoms with van der Waals surface area (Å²) in [4.78, 5) is 24.2. The normalized spacial score (nSPS) is 19.5. The molecule has 1 heterocycles. The van der Waals surface area contributed by atoms with Crippen LogP contribution >= 0.6 is 0 Å². The topological polar surface area (TPSA) is 49.4 Å². The Hall–Kier alpha value is -2.05. The Labute approximate surface area is 132 Å². The summed E-state index contributed by atoms with van der Waals surface area (Å²) in [5, 5.41) is 2.71. The summed E-state index contributed by atoms with van der Waals surface area (Å²) in [6, 6.07) is 8.20. The number of nitrogens with zero attached hydrogens (tertiary/aromatic N) is 1. The van der Waals surface area contributed by atoms with E-state index in [1.54, 1.807) is 6.92 Å². The predicted octanol–water partition coefficient (Wildman–Crippen LogP) is 2.29. The van der Waals surface area contributed by atoms with Crippen LogP contribution in [-0.4, -0.2) is 41.5 Å². The minimum absolute atomic E-state index is 0.0382. The number of carbonyl (C=O) groups is 2. The summed E-state index contributed by atoms with van der Waals surface area (Å²) in [5.74, 6) is -2.46. The highest BCUT2D eigenvalue weighted by Gasteiger charge is 2.47. The Morgan fingerprint density at radius 1 is 1.30 bits per heavy atom. The van der Waals surface area contributed by atoms with Crippen LogP contribution in [0.2, 0.25) is 0 Å². The third-order valence-electron chi connectivity index (χ3n) is 3.83. The summed E-state index contributed by atoms with van der Waals surface area (Å²) in [6.45, 7) is 1.75. The van der Waals surface area contributed by atoms with Crippen LogP contribution in [0.15, 0.2) is 30.3 Å². The van der Waals surface area contributed by atoms with Gasteiger partial charge in [-0.2, -0.15) is 13.2 Å². The van der Waals surface area contributed by atoms with Crippen molar-refractivity contribution in [3.05, 3.63) is 35.9 Å². The minimum atomic E-state index is -4.95. The van der Waals surface area contributed by atoms with Gasteiger partial charge in [-0.15, -0.1) is 0 Å². The van der Waals surface area contributed by atoms with Gasteiger partial charge in [-0.05, 0) is 31.7 Å². The van der Waals surface area contributed by atoms with E-state index < -0.39 is 24.0 Å². The Morgan fingerprint density at radius 3 is 2.57 bits per heavy atom. The maximum atomic E-state index is 12.6. The number of nitrogens with one attached hydrogen (secondary N) is 1. The lowest BCUT2D eigenvalue weighted by Gasteiger charge is -2.26. The van der Waals surface area contributed by atoms with Crippen molar-refractivity contribution in [3.63, 3.8) is 0 Å². The van der Waals surface area contributed by atoms with E-state index in [9.17, 15) is 22.8 Å². The third-order valence-corrected chi connectivity index (χ3v) is 3.83. The first-order chi connectivity index (χ1) is 10.8.